The van der Waals surface area contributed by atoms with Gasteiger partial charge in [0.1, 0.15) is 0 Å². The molecule has 0 saturated heterocycles. The van der Waals surface area contributed by atoms with E-state index in [4.69, 9.17) is 5.73 Å². The number of anilines is 1. The molecule has 2 aromatic rings. The molecule has 2 aliphatic rings. The van der Waals surface area contributed by atoms with Gasteiger partial charge in [-0.25, -0.2) is 0 Å². The van der Waals surface area contributed by atoms with E-state index in [-0.39, 0.29) is 0 Å². The van der Waals surface area contributed by atoms with Crippen LogP contribution in [0.15, 0.2) is 17.5 Å². The molecule has 3 unspecified atom stereocenters. The van der Waals surface area contributed by atoms with Crippen molar-refractivity contribution >= 4 is 17.2 Å². The summed E-state index contributed by atoms with van der Waals surface area (Å²) in [4.78, 5) is 1.25. The number of hydrogen-bond donors (Lipinski definition) is 2. The van der Waals surface area contributed by atoms with E-state index in [0.29, 0.717) is 11.7 Å². The van der Waals surface area contributed by atoms with Crippen LogP contribution in [0.2, 0.25) is 0 Å². The minimum Gasteiger partial charge on any atom is -0.382 e. The molecule has 0 radical (unpaired) electrons. The van der Waals surface area contributed by atoms with E-state index in [1.54, 1.807) is 11.3 Å². The number of nitrogen functional groups attached to an aromatic ring is 1. The summed E-state index contributed by atoms with van der Waals surface area (Å²) in [5.41, 5.74) is 8.53. The molecule has 2 saturated carbocycles. The first-order valence-electron chi connectivity index (χ1n) is 6.70. The van der Waals surface area contributed by atoms with Crippen molar-refractivity contribution in [1.82, 2.24) is 10.2 Å². The summed E-state index contributed by atoms with van der Waals surface area (Å²) >= 11 is 1.75. The van der Waals surface area contributed by atoms with Gasteiger partial charge < -0.3 is 5.73 Å². The molecule has 0 amide bonds. The number of hydrogen-bond acceptors (Lipinski definition) is 3. The summed E-state index contributed by atoms with van der Waals surface area (Å²) in [6, 6.07) is 4.22. The van der Waals surface area contributed by atoms with Crippen molar-refractivity contribution < 1.29 is 0 Å². The van der Waals surface area contributed by atoms with Crippen LogP contribution in [0.1, 0.15) is 37.3 Å². The van der Waals surface area contributed by atoms with Crippen LogP contribution in [0.3, 0.4) is 0 Å². The maximum Gasteiger partial charge on any atom is 0.154 e. The molecule has 2 bridgehead atoms. The van der Waals surface area contributed by atoms with Crippen molar-refractivity contribution in [2.75, 3.05) is 5.73 Å². The van der Waals surface area contributed by atoms with Crippen LogP contribution in [0.4, 0.5) is 5.82 Å². The zero-order chi connectivity index (χ0) is 12.1. The third kappa shape index (κ3) is 1.45. The fourth-order valence-electron chi connectivity index (χ4n) is 3.92. The van der Waals surface area contributed by atoms with E-state index >= 15 is 0 Å². The minimum atomic E-state index is 0.658. The molecule has 0 aromatic carbocycles. The summed E-state index contributed by atoms with van der Waals surface area (Å²) in [5.74, 6) is 3.12. The van der Waals surface area contributed by atoms with Crippen molar-refractivity contribution in [3.63, 3.8) is 0 Å². The molecular formula is C14H17N3S. The molecule has 3 N–H and O–H groups in total. The van der Waals surface area contributed by atoms with E-state index in [2.05, 4.69) is 27.7 Å². The van der Waals surface area contributed by atoms with E-state index in [0.717, 1.165) is 11.8 Å². The molecule has 4 heteroatoms. The van der Waals surface area contributed by atoms with E-state index in [9.17, 15) is 0 Å². The van der Waals surface area contributed by atoms with E-state index in [1.807, 2.05) is 0 Å². The minimum absolute atomic E-state index is 0.658. The summed E-state index contributed by atoms with van der Waals surface area (Å²) in [6.07, 6.45) is 5.55. The summed E-state index contributed by atoms with van der Waals surface area (Å²) in [6.45, 7) is 0. The maximum absolute atomic E-state index is 6.06. The molecule has 2 aliphatic carbocycles. The molecule has 18 heavy (non-hydrogen) atoms. The lowest BCUT2D eigenvalue weighted by Crippen LogP contribution is -2.09. The highest BCUT2D eigenvalue weighted by Gasteiger charge is 2.42. The van der Waals surface area contributed by atoms with Crippen LogP contribution in [0.5, 0.6) is 0 Å². The average Bonchev–Trinajstić information content (AvgIpc) is 3.12. The molecule has 94 valence electrons. The molecule has 0 spiro atoms. The number of aromatic amines is 1. The fraction of sp³-hybridized carbons (Fsp3) is 0.500. The maximum atomic E-state index is 6.06. The third-order valence-corrected chi connectivity index (χ3v) is 5.59. The topological polar surface area (TPSA) is 54.7 Å². The van der Waals surface area contributed by atoms with Crippen LogP contribution in [-0.2, 0) is 0 Å². The Bertz CT molecular complexity index is 558. The Balaban J connectivity index is 1.78. The lowest BCUT2D eigenvalue weighted by Gasteiger charge is -2.21. The van der Waals surface area contributed by atoms with Crippen molar-refractivity contribution in [3.05, 3.63) is 23.2 Å². The highest BCUT2D eigenvalue weighted by Crippen LogP contribution is 2.54. The van der Waals surface area contributed by atoms with Gasteiger partial charge in [-0.05, 0) is 42.5 Å². The standard InChI is InChI=1S/C14H17N3S/c15-14-12(11-2-1-5-18-11)13(16-17-14)10-7-8-3-4-9(10)6-8/h1-2,5,8-10H,3-4,6-7H2,(H3,15,16,17). The predicted molar refractivity (Wildman–Crippen MR) is 74.5 cm³/mol. The average molecular weight is 259 g/mol. The number of nitrogens with zero attached hydrogens (tertiary/aromatic N) is 1. The van der Waals surface area contributed by atoms with Crippen LogP contribution >= 0.6 is 11.3 Å². The van der Waals surface area contributed by atoms with Gasteiger partial charge in [-0.3, -0.25) is 5.10 Å². The molecule has 3 atom stereocenters. The Morgan fingerprint density at radius 3 is 2.94 bits per heavy atom. The van der Waals surface area contributed by atoms with Crippen LogP contribution in [-0.4, -0.2) is 10.2 Å². The van der Waals surface area contributed by atoms with Crippen molar-refractivity contribution in [2.45, 2.75) is 31.6 Å². The van der Waals surface area contributed by atoms with E-state index in [1.165, 1.54) is 41.8 Å². The molecule has 2 heterocycles. The van der Waals surface area contributed by atoms with Gasteiger partial charge in [-0.2, -0.15) is 5.10 Å². The number of nitrogens with two attached hydrogens (primary N) is 1. The first-order chi connectivity index (χ1) is 8.83. The number of nitrogens with one attached hydrogen (secondary N) is 1. The summed E-state index contributed by atoms with van der Waals surface area (Å²) in [7, 11) is 0. The Morgan fingerprint density at radius 1 is 1.33 bits per heavy atom. The van der Waals surface area contributed by atoms with Gasteiger partial charge >= 0.3 is 0 Å². The zero-order valence-electron chi connectivity index (χ0n) is 10.2. The molecule has 2 aromatic heterocycles. The molecule has 3 nitrogen and oxygen atoms in total. The molecule has 0 aliphatic heterocycles. The number of H-pyrrole nitrogens is 1. The first kappa shape index (κ1) is 10.6. The second-order valence-electron chi connectivity index (χ2n) is 5.66. The summed E-state index contributed by atoms with van der Waals surface area (Å²) in [5, 5.41) is 9.58. The molecule has 2 fully saturated rings. The third-order valence-electron chi connectivity index (χ3n) is 4.70. The predicted octanol–water partition coefficient (Wildman–Crippen LogP) is 3.62. The van der Waals surface area contributed by atoms with Crippen LogP contribution in [0.25, 0.3) is 10.4 Å². The van der Waals surface area contributed by atoms with Gasteiger partial charge in [0.05, 0.1) is 5.56 Å². The highest BCUT2D eigenvalue weighted by atomic mass is 32.1. The number of aromatic nitrogens is 2. The lowest BCUT2D eigenvalue weighted by atomic mass is 9.84. The van der Waals surface area contributed by atoms with Gasteiger partial charge in [-0.1, -0.05) is 12.5 Å². The monoisotopic (exact) mass is 259 g/mol. The SMILES string of the molecule is Nc1n[nH]c(C2CC3CCC2C3)c1-c1cccs1. The zero-order valence-corrected chi connectivity index (χ0v) is 11.0. The second-order valence-corrected chi connectivity index (χ2v) is 6.60. The van der Waals surface area contributed by atoms with Crippen LogP contribution in [0, 0.1) is 11.8 Å². The van der Waals surface area contributed by atoms with Crippen LogP contribution < -0.4 is 5.73 Å². The second kappa shape index (κ2) is 3.85. The quantitative estimate of drug-likeness (QED) is 0.865. The van der Waals surface area contributed by atoms with Gasteiger partial charge in [0, 0.05) is 16.5 Å². The Morgan fingerprint density at radius 2 is 2.28 bits per heavy atom. The number of fused-ring (bicyclic) bond motifs is 2. The van der Waals surface area contributed by atoms with Gasteiger partial charge in [-0.15, -0.1) is 11.3 Å². The highest BCUT2D eigenvalue weighted by molar-refractivity contribution is 7.13. The Kier molecular flexibility index (Phi) is 2.27. The molecule has 4 rings (SSSR count). The summed E-state index contributed by atoms with van der Waals surface area (Å²) < 4.78 is 0. The normalized spacial score (nSPS) is 30.1. The van der Waals surface area contributed by atoms with E-state index < -0.39 is 0 Å². The first-order valence-corrected chi connectivity index (χ1v) is 7.58. The Hall–Kier alpha value is -1.29. The van der Waals surface area contributed by atoms with Gasteiger partial charge in [0.15, 0.2) is 5.82 Å². The van der Waals surface area contributed by atoms with Crippen molar-refractivity contribution in [3.8, 4) is 10.4 Å². The van der Waals surface area contributed by atoms with Crippen molar-refractivity contribution in [2.24, 2.45) is 11.8 Å². The fourth-order valence-corrected chi connectivity index (χ4v) is 4.71. The van der Waals surface area contributed by atoms with Gasteiger partial charge in [0.2, 0.25) is 0 Å². The Labute approximate surface area is 110 Å². The lowest BCUT2D eigenvalue weighted by molar-refractivity contribution is 0.413. The molecular weight excluding hydrogens is 242 g/mol. The largest absolute Gasteiger partial charge is 0.382 e. The number of rotatable bonds is 2. The van der Waals surface area contributed by atoms with Gasteiger partial charge in [0.25, 0.3) is 0 Å². The smallest absolute Gasteiger partial charge is 0.154 e. The van der Waals surface area contributed by atoms with Crippen molar-refractivity contribution in [1.29, 1.82) is 0 Å². The number of thiophene rings is 1.